The zero-order chi connectivity index (χ0) is 19.3. The molecule has 1 heterocycles. The summed E-state index contributed by atoms with van der Waals surface area (Å²) in [5, 5.41) is 10.1. The van der Waals surface area contributed by atoms with E-state index in [2.05, 4.69) is 29.2 Å². The second kappa shape index (κ2) is 9.08. The lowest BCUT2D eigenvalue weighted by Crippen LogP contribution is -2.33. The zero-order valence-electron chi connectivity index (χ0n) is 16.3. The normalized spacial score (nSPS) is 26.1. The number of rotatable bonds is 8. The fourth-order valence-corrected chi connectivity index (χ4v) is 6.13. The number of allylic oxidation sites excluding steroid dienone is 1. The second-order valence-corrected chi connectivity index (χ2v) is 9.30. The topological polar surface area (TPSA) is 49.8 Å². The van der Waals surface area contributed by atoms with E-state index in [1.165, 1.54) is 31.2 Å². The molecule has 2 saturated carbocycles. The Hall–Kier alpha value is -1.88. The van der Waals surface area contributed by atoms with Crippen molar-refractivity contribution in [1.82, 2.24) is 4.90 Å². The molecular formula is C23H29NO3S. The lowest BCUT2D eigenvalue weighted by molar-refractivity contribution is 0.118. The zero-order valence-corrected chi connectivity index (χ0v) is 17.1. The highest BCUT2D eigenvalue weighted by Crippen LogP contribution is 2.49. The number of benzene rings is 1. The summed E-state index contributed by atoms with van der Waals surface area (Å²) in [7, 11) is 0. The van der Waals surface area contributed by atoms with Crippen molar-refractivity contribution < 1.29 is 14.6 Å². The van der Waals surface area contributed by atoms with E-state index < -0.39 is 6.16 Å². The third-order valence-corrected chi connectivity index (χ3v) is 7.55. The highest BCUT2D eigenvalue weighted by Gasteiger charge is 2.40. The summed E-state index contributed by atoms with van der Waals surface area (Å²) in [6.07, 6.45) is 10.2. The van der Waals surface area contributed by atoms with Crippen molar-refractivity contribution in [2.24, 2.45) is 17.8 Å². The van der Waals surface area contributed by atoms with Crippen molar-refractivity contribution in [3.05, 3.63) is 58.8 Å². The first kappa shape index (κ1) is 19.4. The maximum Gasteiger partial charge on any atom is 0.511 e. The van der Waals surface area contributed by atoms with Crippen LogP contribution in [0.5, 0.6) is 0 Å². The number of aryl methyl sites for hydroxylation is 1. The van der Waals surface area contributed by atoms with Crippen LogP contribution in [0.2, 0.25) is 0 Å². The van der Waals surface area contributed by atoms with Gasteiger partial charge in [-0.1, -0.05) is 42.8 Å². The first-order valence-electron chi connectivity index (χ1n) is 10.4. The number of hydrogen-bond donors (Lipinski definition) is 1. The number of fused-ring (bicyclic) bond motifs is 2. The molecule has 0 saturated heterocycles. The molecule has 2 bridgehead atoms. The first-order chi connectivity index (χ1) is 13.7. The van der Waals surface area contributed by atoms with Gasteiger partial charge in [0.05, 0.1) is 0 Å². The molecule has 0 aromatic heterocycles. The lowest BCUT2D eigenvalue weighted by Gasteiger charge is -2.34. The van der Waals surface area contributed by atoms with Gasteiger partial charge >= 0.3 is 6.16 Å². The molecule has 5 heteroatoms. The van der Waals surface area contributed by atoms with Crippen LogP contribution in [0.4, 0.5) is 4.79 Å². The molecule has 3 unspecified atom stereocenters. The van der Waals surface area contributed by atoms with Gasteiger partial charge in [-0.25, -0.2) is 4.79 Å². The van der Waals surface area contributed by atoms with Crippen LogP contribution in [0.15, 0.2) is 53.3 Å². The van der Waals surface area contributed by atoms with Gasteiger partial charge in [0, 0.05) is 13.1 Å². The number of hydrogen-bond acceptors (Lipinski definition) is 4. The number of carbonyl (C=O) groups is 1. The van der Waals surface area contributed by atoms with E-state index in [4.69, 9.17) is 9.84 Å². The molecule has 0 spiro atoms. The molecule has 0 amide bonds. The van der Waals surface area contributed by atoms with Gasteiger partial charge in [0.25, 0.3) is 0 Å². The van der Waals surface area contributed by atoms with E-state index in [9.17, 15) is 4.79 Å². The predicted molar refractivity (Wildman–Crippen MR) is 113 cm³/mol. The molecule has 3 aliphatic rings. The van der Waals surface area contributed by atoms with Crippen LogP contribution in [0, 0.1) is 17.8 Å². The van der Waals surface area contributed by atoms with Crippen LogP contribution in [-0.2, 0) is 11.2 Å². The summed E-state index contributed by atoms with van der Waals surface area (Å²) >= 11 is 1.74. The van der Waals surface area contributed by atoms with Crippen molar-refractivity contribution in [2.75, 3.05) is 18.8 Å². The molecule has 4 rings (SSSR count). The molecule has 2 aliphatic carbocycles. The fourth-order valence-electron chi connectivity index (χ4n) is 5.06. The smallest absolute Gasteiger partial charge is 0.449 e. The van der Waals surface area contributed by atoms with E-state index in [1.54, 1.807) is 11.8 Å². The molecule has 1 aromatic carbocycles. The maximum atomic E-state index is 11.2. The second-order valence-electron chi connectivity index (χ2n) is 8.22. The summed E-state index contributed by atoms with van der Waals surface area (Å²) in [5.74, 6) is 3.99. The van der Waals surface area contributed by atoms with Crippen LogP contribution in [-0.4, -0.2) is 35.0 Å². The fraction of sp³-hybridized carbons (Fsp3) is 0.522. The molecular weight excluding hydrogens is 370 g/mol. The maximum absolute atomic E-state index is 11.2. The number of thioether (sulfide) groups is 1. The summed E-state index contributed by atoms with van der Waals surface area (Å²) in [6.45, 7) is 1.88. The number of nitrogens with zero attached hydrogens (tertiary/aromatic N) is 1. The van der Waals surface area contributed by atoms with Gasteiger partial charge in [0.2, 0.25) is 0 Å². The molecule has 150 valence electrons. The van der Waals surface area contributed by atoms with Crippen LogP contribution in [0.3, 0.4) is 0 Å². The quantitative estimate of drug-likeness (QED) is 0.460. The van der Waals surface area contributed by atoms with Crippen LogP contribution in [0.25, 0.3) is 0 Å². The van der Waals surface area contributed by atoms with Crippen molar-refractivity contribution in [2.45, 2.75) is 38.5 Å². The van der Waals surface area contributed by atoms with Gasteiger partial charge in [0.15, 0.2) is 5.76 Å². The molecule has 1 aromatic rings. The van der Waals surface area contributed by atoms with E-state index in [0.29, 0.717) is 5.76 Å². The Bertz CT molecular complexity index is 745. The Kier molecular flexibility index (Phi) is 6.30. The van der Waals surface area contributed by atoms with Gasteiger partial charge in [-0.05, 0) is 67.3 Å². The molecule has 1 aliphatic heterocycles. The van der Waals surface area contributed by atoms with Crippen molar-refractivity contribution in [3.8, 4) is 0 Å². The standard InChI is InChI=1S/C23H29NO3S/c25-23(26)27-21-9-4-12-24(16-20-15-18-10-11-19(20)14-18)22(21)28-13-5-8-17-6-2-1-3-7-17/h1-4,6-7,9,18-20H,5,8,10-16H2,(H,25,26). The van der Waals surface area contributed by atoms with E-state index >= 15 is 0 Å². The Balaban J connectivity index is 1.39. The summed E-state index contributed by atoms with van der Waals surface area (Å²) in [4.78, 5) is 13.5. The minimum atomic E-state index is -1.23. The third kappa shape index (κ3) is 4.75. The Morgan fingerprint density at radius 2 is 2.07 bits per heavy atom. The molecule has 3 atom stereocenters. The van der Waals surface area contributed by atoms with Gasteiger partial charge in [-0.3, -0.25) is 0 Å². The molecule has 4 nitrogen and oxygen atoms in total. The van der Waals surface area contributed by atoms with E-state index in [1.807, 2.05) is 18.2 Å². The van der Waals surface area contributed by atoms with Crippen LogP contribution in [0.1, 0.15) is 37.7 Å². The first-order valence-corrected chi connectivity index (χ1v) is 11.4. The van der Waals surface area contributed by atoms with Gasteiger partial charge < -0.3 is 14.7 Å². The average Bonchev–Trinajstić information content (AvgIpc) is 3.30. The predicted octanol–water partition coefficient (Wildman–Crippen LogP) is 5.52. The molecule has 28 heavy (non-hydrogen) atoms. The van der Waals surface area contributed by atoms with E-state index in [-0.39, 0.29) is 0 Å². The highest BCUT2D eigenvalue weighted by molar-refractivity contribution is 8.03. The highest BCUT2D eigenvalue weighted by atomic mass is 32.2. The number of ether oxygens (including phenoxy) is 1. The van der Waals surface area contributed by atoms with Crippen LogP contribution < -0.4 is 0 Å². The van der Waals surface area contributed by atoms with Crippen molar-refractivity contribution in [1.29, 1.82) is 0 Å². The number of carboxylic acid groups (broad SMARTS) is 1. The Morgan fingerprint density at radius 1 is 1.21 bits per heavy atom. The Labute approximate surface area is 171 Å². The average molecular weight is 400 g/mol. The largest absolute Gasteiger partial charge is 0.511 e. The minimum absolute atomic E-state index is 0.492. The summed E-state index contributed by atoms with van der Waals surface area (Å²) < 4.78 is 5.12. The van der Waals surface area contributed by atoms with E-state index in [0.717, 1.165) is 54.5 Å². The monoisotopic (exact) mass is 399 g/mol. The van der Waals surface area contributed by atoms with Crippen LogP contribution >= 0.6 is 11.8 Å². The van der Waals surface area contributed by atoms with Gasteiger partial charge in [0.1, 0.15) is 5.03 Å². The van der Waals surface area contributed by atoms with Crippen molar-refractivity contribution in [3.63, 3.8) is 0 Å². The lowest BCUT2D eigenvalue weighted by atomic mass is 9.88. The van der Waals surface area contributed by atoms with Crippen molar-refractivity contribution >= 4 is 17.9 Å². The Morgan fingerprint density at radius 3 is 2.79 bits per heavy atom. The minimum Gasteiger partial charge on any atom is -0.449 e. The summed E-state index contributed by atoms with van der Waals surface area (Å²) in [6, 6.07) is 10.5. The molecule has 0 radical (unpaired) electrons. The van der Waals surface area contributed by atoms with Gasteiger partial charge in [-0.15, -0.1) is 11.8 Å². The molecule has 2 fully saturated rings. The summed E-state index contributed by atoms with van der Waals surface area (Å²) in [5.41, 5.74) is 1.35. The third-order valence-electron chi connectivity index (χ3n) is 6.32. The molecule has 1 N–H and O–H groups in total. The van der Waals surface area contributed by atoms with Gasteiger partial charge in [-0.2, -0.15) is 0 Å². The SMILES string of the molecule is O=C(O)OC1=C(SCCCc2ccccc2)N(CC2CC3CCC2C3)CC=C1.